The lowest BCUT2D eigenvalue weighted by Gasteiger charge is -2.10. The first-order chi connectivity index (χ1) is 14.3. The van der Waals surface area contributed by atoms with Crippen molar-refractivity contribution < 1.29 is 14.3 Å². The summed E-state index contributed by atoms with van der Waals surface area (Å²) >= 11 is 0. The molecule has 0 aliphatic carbocycles. The summed E-state index contributed by atoms with van der Waals surface area (Å²) in [7, 11) is 0. The molecule has 0 aliphatic rings. The predicted octanol–water partition coefficient (Wildman–Crippen LogP) is 5.44. The van der Waals surface area contributed by atoms with Crippen LogP contribution in [0.15, 0.2) is 97.1 Å². The number of hydrogen-bond donors (Lipinski definition) is 1. The Morgan fingerprint density at radius 3 is 2.31 bits per heavy atom. The molecular weight excluding hydrogens is 362 g/mol. The van der Waals surface area contributed by atoms with Gasteiger partial charge in [0.25, 0.3) is 5.91 Å². The summed E-state index contributed by atoms with van der Waals surface area (Å²) < 4.78 is 11.4. The smallest absolute Gasteiger partial charge is 0.262 e. The average Bonchev–Trinajstić information content (AvgIpc) is 2.77. The SMILES string of the molecule is O=C(COc1ccc2ccccc2c1)Nc1cccc(OCc2ccccc2)c1. The average molecular weight is 383 g/mol. The first-order valence-electron chi connectivity index (χ1n) is 9.44. The minimum absolute atomic E-state index is 0.0621. The van der Waals surface area contributed by atoms with Crippen molar-refractivity contribution in [3.05, 3.63) is 103 Å². The minimum Gasteiger partial charge on any atom is -0.489 e. The second-order valence-electron chi connectivity index (χ2n) is 6.65. The number of ether oxygens (including phenoxy) is 2. The fourth-order valence-corrected chi connectivity index (χ4v) is 3.01. The van der Waals surface area contributed by atoms with E-state index in [1.807, 2.05) is 91.0 Å². The number of carbonyl (C=O) groups is 1. The van der Waals surface area contributed by atoms with Crippen LogP contribution in [0.2, 0.25) is 0 Å². The molecule has 0 aliphatic heterocycles. The van der Waals surface area contributed by atoms with E-state index in [1.165, 1.54) is 0 Å². The van der Waals surface area contributed by atoms with Gasteiger partial charge in [-0.3, -0.25) is 4.79 Å². The number of benzene rings is 4. The van der Waals surface area contributed by atoms with Crippen LogP contribution in [0.1, 0.15) is 5.56 Å². The zero-order valence-corrected chi connectivity index (χ0v) is 15.9. The van der Waals surface area contributed by atoms with Crippen LogP contribution in [0.5, 0.6) is 11.5 Å². The Labute approximate surface area is 169 Å². The Hall–Kier alpha value is -3.79. The Morgan fingerprint density at radius 1 is 0.690 bits per heavy atom. The Kier molecular flexibility index (Phi) is 5.72. The normalized spacial score (nSPS) is 10.5. The number of rotatable bonds is 7. The van der Waals surface area contributed by atoms with Gasteiger partial charge in [-0.2, -0.15) is 0 Å². The molecule has 4 nitrogen and oxygen atoms in total. The number of amides is 1. The molecular formula is C25H21NO3. The predicted molar refractivity (Wildman–Crippen MR) is 115 cm³/mol. The van der Waals surface area contributed by atoms with Gasteiger partial charge in [0, 0.05) is 11.8 Å². The molecule has 4 aromatic carbocycles. The topological polar surface area (TPSA) is 47.6 Å². The maximum Gasteiger partial charge on any atom is 0.262 e. The molecule has 0 unspecified atom stereocenters. The lowest BCUT2D eigenvalue weighted by molar-refractivity contribution is -0.118. The summed E-state index contributed by atoms with van der Waals surface area (Å²) in [6.45, 7) is 0.413. The van der Waals surface area contributed by atoms with Gasteiger partial charge in [-0.15, -0.1) is 0 Å². The Bertz CT molecular complexity index is 1110. The van der Waals surface area contributed by atoms with Crippen molar-refractivity contribution >= 4 is 22.4 Å². The zero-order valence-electron chi connectivity index (χ0n) is 15.9. The maximum absolute atomic E-state index is 12.3. The highest BCUT2D eigenvalue weighted by atomic mass is 16.5. The van der Waals surface area contributed by atoms with Gasteiger partial charge >= 0.3 is 0 Å². The first kappa shape index (κ1) is 18.6. The highest BCUT2D eigenvalue weighted by molar-refractivity contribution is 5.92. The van der Waals surface area contributed by atoms with E-state index in [9.17, 15) is 4.79 Å². The molecule has 4 rings (SSSR count). The molecule has 0 heterocycles. The van der Waals surface area contributed by atoms with Crippen molar-refractivity contribution in [2.45, 2.75) is 6.61 Å². The molecule has 0 saturated carbocycles. The highest BCUT2D eigenvalue weighted by Crippen LogP contribution is 2.21. The number of anilines is 1. The largest absolute Gasteiger partial charge is 0.489 e. The third-order valence-electron chi connectivity index (χ3n) is 4.46. The van der Waals surface area contributed by atoms with Crippen LogP contribution in [0.25, 0.3) is 10.8 Å². The lowest BCUT2D eigenvalue weighted by atomic mass is 10.1. The van der Waals surface area contributed by atoms with Gasteiger partial charge in [0.1, 0.15) is 18.1 Å². The second-order valence-corrected chi connectivity index (χ2v) is 6.65. The van der Waals surface area contributed by atoms with Crippen LogP contribution < -0.4 is 14.8 Å². The maximum atomic E-state index is 12.3. The van der Waals surface area contributed by atoms with Gasteiger partial charge in [0.05, 0.1) is 0 Å². The van der Waals surface area contributed by atoms with Crippen molar-refractivity contribution in [1.29, 1.82) is 0 Å². The molecule has 29 heavy (non-hydrogen) atoms. The molecule has 0 fully saturated rings. The highest BCUT2D eigenvalue weighted by Gasteiger charge is 2.06. The molecule has 0 saturated heterocycles. The molecule has 4 aromatic rings. The van der Waals surface area contributed by atoms with E-state index in [4.69, 9.17) is 9.47 Å². The van der Waals surface area contributed by atoms with Crippen LogP contribution in [0.4, 0.5) is 5.69 Å². The molecule has 144 valence electrons. The van der Waals surface area contributed by atoms with Crippen molar-refractivity contribution in [3.63, 3.8) is 0 Å². The van der Waals surface area contributed by atoms with E-state index in [-0.39, 0.29) is 12.5 Å². The quantitative estimate of drug-likeness (QED) is 0.462. The summed E-state index contributed by atoms with van der Waals surface area (Å²) in [6.07, 6.45) is 0. The standard InChI is InChI=1S/C25H21NO3/c27-25(18-29-24-14-13-20-9-4-5-10-21(20)15-24)26-22-11-6-12-23(16-22)28-17-19-7-2-1-3-8-19/h1-16H,17-18H2,(H,26,27). The fourth-order valence-electron chi connectivity index (χ4n) is 3.01. The van der Waals surface area contributed by atoms with Gasteiger partial charge in [0.2, 0.25) is 0 Å². The summed E-state index contributed by atoms with van der Waals surface area (Å²) in [5, 5.41) is 5.06. The van der Waals surface area contributed by atoms with Crippen LogP contribution in [-0.2, 0) is 11.4 Å². The molecule has 1 N–H and O–H groups in total. The zero-order chi connectivity index (χ0) is 19.9. The minimum atomic E-state index is -0.224. The van der Waals surface area contributed by atoms with E-state index in [1.54, 1.807) is 6.07 Å². The number of carbonyl (C=O) groups excluding carboxylic acids is 1. The molecule has 0 spiro atoms. The fraction of sp³-hybridized carbons (Fsp3) is 0.0800. The van der Waals surface area contributed by atoms with Crippen molar-refractivity contribution in [2.24, 2.45) is 0 Å². The number of fused-ring (bicyclic) bond motifs is 1. The number of nitrogens with one attached hydrogen (secondary N) is 1. The van der Waals surface area contributed by atoms with E-state index in [2.05, 4.69) is 5.32 Å². The van der Waals surface area contributed by atoms with Crippen molar-refractivity contribution in [3.8, 4) is 11.5 Å². The Morgan fingerprint density at radius 2 is 1.45 bits per heavy atom. The van der Waals surface area contributed by atoms with E-state index in [0.717, 1.165) is 16.3 Å². The summed E-state index contributed by atoms with van der Waals surface area (Å²) in [4.78, 5) is 12.3. The third-order valence-corrected chi connectivity index (χ3v) is 4.46. The van der Waals surface area contributed by atoms with Crippen LogP contribution in [0.3, 0.4) is 0 Å². The van der Waals surface area contributed by atoms with E-state index >= 15 is 0 Å². The molecule has 0 bridgehead atoms. The number of hydrogen-bond acceptors (Lipinski definition) is 3. The van der Waals surface area contributed by atoms with Crippen molar-refractivity contribution in [1.82, 2.24) is 0 Å². The molecule has 0 atom stereocenters. The molecule has 0 radical (unpaired) electrons. The van der Waals surface area contributed by atoms with Crippen LogP contribution in [-0.4, -0.2) is 12.5 Å². The molecule has 1 amide bonds. The van der Waals surface area contributed by atoms with Gasteiger partial charge in [-0.25, -0.2) is 0 Å². The third kappa shape index (κ3) is 5.14. The van der Waals surface area contributed by atoms with Crippen molar-refractivity contribution in [2.75, 3.05) is 11.9 Å². The Balaban J connectivity index is 1.31. The van der Waals surface area contributed by atoms with Gasteiger partial charge in [-0.1, -0.05) is 66.7 Å². The van der Waals surface area contributed by atoms with Gasteiger partial charge < -0.3 is 14.8 Å². The molecule has 4 heteroatoms. The van der Waals surface area contributed by atoms with Crippen LogP contribution in [0, 0.1) is 0 Å². The summed E-state index contributed by atoms with van der Waals surface area (Å²) in [6, 6.07) is 31.1. The van der Waals surface area contributed by atoms with Gasteiger partial charge in [-0.05, 0) is 40.6 Å². The van der Waals surface area contributed by atoms with Gasteiger partial charge in [0.15, 0.2) is 6.61 Å². The summed E-state index contributed by atoms with van der Waals surface area (Å²) in [5.41, 5.74) is 1.76. The van der Waals surface area contributed by atoms with E-state index < -0.39 is 0 Å². The first-order valence-corrected chi connectivity index (χ1v) is 9.44. The van der Waals surface area contributed by atoms with E-state index in [0.29, 0.717) is 23.8 Å². The second kappa shape index (κ2) is 8.93. The van der Waals surface area contributed by atoms with Crippen LogP contribution >= 0.6 is 0 Å². The monoisotopic (exact) mass is 383 g/mol. The summed E-state index contributed by atoms with van der Waals surface area (Å²) in [5.74, 6) is 1.14. The molecule has 0 aromatic heterocycles. The lowest BCUT2D eigenvalue weighted by Crippen LogP contribution is -2.20.